The van der Waals surface area contributed by atoms with Crippen LogP contribution in [-0.2, 0) is 4.79 Å². The second-order valence-electron chi connectivity index (χ2n) is 6.64. The lowest BCUT2D eigenvalue weighted by Crippen LogP contribution is -2.45. The minimum absolute atomic E-state index is 0.0108. The quantitative estimate of drug-likeness (QED) is 0.855. The Morgan fingerprint density at radius 2 is 2.08 bits per heavy atom. The number of ether oxygens (including phenoxy) is 2. The second-order valence-corrected chi connectivity index (χ2v) is 6.64. The third-order valence-electron chi connectivity index (χ3n) is 4.96. The first-order valence-electron chi connectivity index (χ1n) is 8.78. The van der Waals surface area contributed by atoms with E-state index in [4.69, 9.17) is 9.47 Å². The predicted molar refractivity (Wildman–Crippen MR) is 97.3 cm³/mol. The zero-order chi connectivity index (χ0) is 17.5. The summed E-state index contributed by atoms with van der Waals surface area (Å²) >= 11 is 0. The van der Waals surface area contributed by atoms with Gasteiger partial charge in [0.25, 0.3) is 5.91 Å². The second kappa shape index (κ2) is 8.76. The first kappa shape index (κ1) is 18.4. The molecule has 3 unspecified atom stereocenters. The fourth-order valence-corrected chi connectivity index (χ4v) is 3.28. The fourth-order valence-electron chi connectivity index (χ4n) is 3.28. The highest BCUT2D eigenvalue weighted by Gasteiger charge is 2.28. The maximum atomic E-state index is 12.2. The van der Waals surface area contributed by atoms with Crippen LogP contribution < -0.4 is 14.8 Å². The van der Waals surface area contributed by atoms with Crippen molar-refractivity contribution in [3.05, 3.63) is 29.8 Å². The van der Waals surface area contributed by atoms with E-state index in [1.807, 2.05) is 37.3 Å². The third kappa shape index (κ3) is 4.76. The maximum absolute atomic E-state index is 12.2. The normalized spacial score (nSPS) is 23.9. The first-order chi connectivity index (χ1) is 11.5. The Morgan fingerprint density at radius 3 is 2.79 bits per heavy atom. The van der Waals surface area contributed by atoms with Gasteiger partial charge in [0.05, 0.1) is 7.11 Å². The van der Waals surface area contributed by atoms with Crippen molar-refractivity contribution in [2.45, 2.75) is 46.1 Å². The topological polar surface area (TPSA) is 47.6 Å². The van der Waals surface area contributed by atoms with Gasteiger partial charge in [0.2, 0.25) is 0 Å². The molecule has 1 aromatic carbocycles. The average Bonchev–Trinajstić information content (AvgIpc) is 2.58. The molecule has 3 atom stereocenters. The van der Waals surface area contributed by atoms with Gasteiger partial charge in [-0.2, -0.15) is 0 Å². The van der Waals surface area contributed by atoms with Crippen LogP contribution in [0.4, 0.5) is 0 Å². The number of rotatable bonds is 6. The Balaban J connectivity index is 1.91. The summed E-state index contributed by atoms with van der Waals surface area (Å²) in [6, 6.07) is 5.94. The Morgan fingerprint density at radius 1 is 1.29 bits per heavy atom. The number of benzene rings is 1. The molecular formula is C20H29NO3. The van der Waals surface area contributed by atoms with Crippen LogP contribution in [-0.4, -0.2) is 25.7 Å². The van der Waals surface area contributed by atoms with Crippen LogP contribution >= 0.6 is 0 Å². The molecule has 1 fully saturated rings. The molecule has 0 radical (unpaired) electrons. The van der Waals surface area contributed by atoms with E-state index in [0.717, 1.165) is 12.0 Å². The summed E-state index contributed by atoms with van der Waals surface area (Å²) in [5, 5.41) is 3.12. The summed E-state index contributed by atoms with van der Waals surface area (Å²) in [5.74, 6) is 2.33. The molecule has 1 aliphatic carbocycles. The van der Waals surface area contributed by atoms with Crippen LogP contribution in [0.1, 0.15) is 45.6 Å². The largest absolute Gasteiger partial charge is 0.493 e. The number of carbonyl (C=O) groups is 1. The van der Waals surface area contributed by atoms with Crippen LogP contribution in [0, 0.1) is 11.8 Å². The van der Waals surface area contributed by atoms with Crippen molar-refractivity contribution in [3.63, 3.8) is 0 Å². The van der Waals surface area contributed by atoms with Crippen molar-refractivity contribution in [2.75, 3.05) is 13.7 Å². The van der Waals surface area contributed by atoms with Crippen molar-refractivity contribution in [1.29, 1.82) is 0 Å². The lowest BCUT2D eigenvalue weighted by molar-refractivity contribution is -0.124. The lowest BCUT2D eigenvalue weighted by Gasteiger charge is -2.34. The van der Waals surface area contributed by atoms with Crippen LogP contribution in [0.3, 0.4) is 0 Å². The van der Waals surface area contributed by atoms with Crippen molar-refractivity contribution in [3.8, 4) is 11.5 Å². The minimum Gasteiger partial charge on any atom is -0.493 e. The van der Waals surface area contributed by atoms with E-state index in [1.54, 1.807) is 7.11 Å². The lowest BCUT2D eigenvalue weighted by atomic mass is 9.78. The Bertz CT molecular complexity index is 582. The van der Waals surface area contributed by atoms with E-state index in [9.17, 15) is 4.79 Å². The molecule has 0 aliphatic heterocycles. The predicted octanol–water partition coefficient (Wildman–Crippen LogP) is 4.05. The molecule has 1 amide bonds. The number of methoxy groups -OCH3 is 1. The average molecular weight is 331 g/mol. The van der Waals surface area contributed by atoms with Gasteiger partial charge in [-0.1, -0.05) is 44.9 Å². The van der Waals surface area contributed by atoms with Gasteiger partial charge in [-0.05, 0) is 42.9 Å². The highest BCUT2D eigenvalue weighted by Crippen LogP contribution is 2.30. The number of allylic oxidation sites excluding steroid dienone is 1. The van der Waals surface area contributed by atoms with Crippen molar-refractivity contribution in [1.82, 2.24) is 5.32 Å². The number of hydrogen-bond acceptors (Lipinski definition) is 3. The van der Waals surface area contributed by atoms with E-state index in [2.05, 4.69) is 19.2 Å². The van der Waals surface area contributed by atoms with E-state index < -0.39 is 0 Å². The van der Waals surface area contributed by atoms with Gasteiger partial charge in [-0.3, -0.25) is 4.79 Å². The molecule has 0 saturated heterocycles. The van der Waals surface area contributed by atoms with Gasteiger partial charge in [0, 0.05) is 6.04 Å². The first-order valence-corrected chi connectivity index (χ1v) is 8.78. The summed E-state index contributed by atoms with van der Waals surface area (Å²) in [6.45, 7) is 6.46. The van der Waals surface area contributed by atoms with E-state index >= 15 is 0 Å². The molecule has 0 aromatic heterocycles. The van der Waals surface area contributed by atoms with E-state index in [-0.39, 0.29) is 18.6 Å². The van der Waals surface area contributed by atoms with E-state index in [1.165, 1.54) is 12.8 Å². The number of amides is 1. The van der Waals surface area contributed by atoms with Gasteiger partial charge in [-0.15, -0.1) is 0 Å². The van der Waals surface area contributed by atoms with Gasteiger partial charge >= 0.3 is 0 Å². The highest BCUT2D eigenvalue weighted by atomic mass is 16.5. The van der Waals surface area contributed by atoms with Crippen LogP contribution in [0.2, 0.25) is 0 Å². The zero-order valence-electron chi connectivity index (χ0n) is 15.2. The molecule has 0 bridgehead atoms. The molecule has 1 aromatic rings. The molecule has 24 heavy (non-hydrogen) atoms. The maximum Gasteiger partial charge on any atom is 0.258 e. The summed E-state index contributed by atoms with van der Waals surface area (Å²) in [4.78, 5) is 12.2. The standard InChI is InChI=1S/C20H29NO3/c1-5-7-16-10-11-18(19(12-16)23-4)24-13-20(22)21-17-9-6-8-14(2)15(17)3/h5,7,10-12,14-15,17H,6,8-9,13H2,1-4H3,(H,21,22)/b7-5+. The monoisotopic (exact) mass is 331 g/mol. The van der Waals surface area contributed by atoms with Crippen LogP contribution in [0.5, 0.6) is 11.5 Å². The molecule has 0 heterocycles. The number of nitrogens with one attached hydrogen (secondary N) is 1. The van der Waals surface area contributed by atoms with E-state index in [0.29, 0.717) is 23.3 Å². The van der Waals surface area contributed by atoms with Gasteiger partial charge in [-0.25, -0.2) is 0 Å². The molecule has 4 nitrogen and oxygen atoms in total. The summed E-state index contributed by atoms with van der Waals surface area (Å²) < 4.78 is 11.0. The Kier molecular flexibility index (Phi) is 6.71. The zero-order valence-corrected chi connectivity index (χ0v) is 15.2. The van der Waals surface area contributed by atoms with Crippen LogP contribution in [0.25, 0.3) is 6.08 Å². The summed E-state index contributed by atoms with van der Waals surface area (Å²) in [5.41, 5.74) is 1.04. The SMILES string of the molecule is C/C=C/c1ccc(OCC(=O)NC2CCCC(C)C2C)c(OC)c1. The summed E-state index contributed by atoms with van der Waals surface area (Å²) in [6.07, 6.45) is 7.44. The van der Waals surface area contributed by atoms with Gasteiger partial charge < -0.3 is 14.8 Å². The molecule has 2 rings (SSSR count). The van der Waals surface area contributed by atoms with Crippen molar-refractivity contribution >= 4 is 12.0 Å². The molecular weight excluding hydrogens is 302 g/mol. The number of carbonyl (C=O) groups excluding carboxylic acids is 1. The Hall–Kier alpha value is -1.97. The molecule has 1 saturated carbocycles. The Labute approximate surface area is 145 Å². The molecule has 4 heteroatoms. The third-order valence-corrected chi connectivity index (χ3v) is 4.96. The van der Waals surface area contributed by atoms with Gasteiger partial charge in [0.15, 0.2) is 18.1 Å². The molecule has 0 spiro atoms. The number of hydrogen-bond donors (Lipinski definition) is 1. The smallest absolute Gasteiger partial charge is 0.258 e. The molecule has 1 N–H and O–H groups in total. The van der Waals surface area contributed by atoms with Crippen molar-refractivity contribution in [2.24, 2.45) is 11.8 Å². The summed E-state index contributed by atoms with van der Waals surface area (Å²) in [7, 11) is 1.60. The van der Waals surface area contributed by atoms with Gasteiger partial charge in [0.1, 0.15) is 0 Å². The van der Waals surface area contributed by atoms with Crippen LogP contribution in [0.15, 0.2) is 24.3 Å². The fraction of sp³-hybridized carbons (Fsp3) is 0.550. The molecule has 1 aliphatic rings. The minimum atomic E-state index is -0.0690. The molecule has 132 valence electrons. The van der Waals surface area contributed by atoms with Crippen molar-refractivity contribution < 1.29 is 14.3 Å². The highest BCUT2D eigenvalue weighted by molar-refractivity contribution is 5.78.